The lowest BCUT2D eigenvalue weighted by atomic mass is 9.96. The summed E-state index contributed by atoms with van der Waals surface area (Å²) in [5.74, 6) is -0.861. The van der Waals surface area contributed by atoms with E-state index in [1.807, 2.05) is 32.0 Å². The maximum atomic E-state index is 13.6. The third-order valence-corrected chi connectivity index (χ3v) is 7.78. The molecule has 2 heterocycles. The van der Waals surface area contributed by atoms with Crippen molar-refractivity contribution >= 4 is 5.91 Å². The topological polar surface area (TPSA) is 45.2 Å². The minimum Gasteiger partial charge on any atom is -0.382 e. The first-order valence-corrected chi connectivity index (χ1v) is 13.5. The molecule has 0 N–H and O–H groups in total. The molecule has 2 atom stereocenters. The first-order chi connectivity index (χ1) is 19.3. The van der Waals surface area contributed by atoms with Gasteiger partial charge >= 0.3 is 12.4 Å². The molecule has 6 nitrogen and oxygen atoms in total. The highest BCUT2D eigenvalue weighted by Gasteiger charge is 2.39. The zero-order valence-electron chi connectivity index (χ0n) is 23.3. The molecule has 0 spiro atoms. The second kappa shape index (κ2) is 12.7. The number of morpholine rings is 1. The van der Waals surface area contributed by atoms with E-state index in [1.54, 1.807) is 7.11 Å². The fourth-order valence-electron chi connectivity index (χ4n) is 5.34. The number of aryl methyl sites for hydroxylation is 2. The molecule has 0 radical (unpaired) electrons. The van der Waals surface area contributed by atoms with Gasteiger partial charge in [0.25, 0.3) is 5.91 Å². The van der Waals surface area contributed by atoms with E-state index in [0.717, 1.165) is 36.3 Å². The van der Waals surface area contributed by atoms with Crippen LogP contribution >= 0.6 is 0 Å². The van der Waals surface area contributed by atoms with E-state index in [0.29, 0.717) is 45.0 Å². The number of amides is 1. The Morgan fingerprint density at radius 1 is 0.878 bits per heavy atom. The minimum atomic E-state index is -5.04. The number of hydrogen-bond acceptors (Lipinski definition) is 5. The summed E-state index contributed by atoms with van der Waals surface area (Å²) < 4.78 is 91.9. The molecule has 2 aromatic carbocycles. The molecule has 12 heteroatoms. The first kappa shape index (κ1) is 31.3. The monoisotopic (exact) mass is 587 g/mol. The van der Waals surface area contributed by atoms with Crippen LogP contribution in [0.15, 0.2) is 36.4 Å². The van der Waals surface area contributed by atoms with E-state index in [1.165, 1.54) is 4.90 Å². The summed E-state index contributed by atoms with van der Waals surface area (Å²) >= 11 is 0. The smallest absolute Gasteiger partial charge is 0.382 e. The molecule has 226 valence electrons. The van der Waals surface area contributed by atoms with Gasteiger partial charge in [-0.25, -0.2) is 0 Å². The van der Waals surface area contributed by atoms with Gasteiger partial charge in [0.2, 0.25) is 0 Å². The summed E-state index contributed by atoms with van der Waals surface area (Å²) in [6.07, 6.45) is -10.1. The Morgan fingerprint density at radius 2 is 1.51 bits per heavy atom. The third-order valence-electron chi connectivity index (χ3n) is 7.78. The van der Waals surface area contributed by atoms with E-state index >= 15 is 0 Å². The molecule has 0 aromatic heterocycles. The van der Waals surface area contributed by atoms with Crippen molar-refractivity contribution in [1.29, 1.82) is 0 Å². The van der Waals surface area contributed by atoms with Gasteiger partial charge in [-0.15, -0.1) is 0 Å². The molecular formula is C29H35F6N3O3. The average molecular weight is 588 g/mol. The summed E-state index contributed by atoms with van der Waals surface area (Å²) in [4.78, 5) is 19.5. The Hall–Kier alpha value is -2.67. The molecule has 0 aliphatic carbocycles. The second-order valence-electron chi connectivity index (χ2n) is 10.7. The third kappa shape index (κ3) is 7.79. The molecule has 2 fully saturated rings. The molecule has 0 bridgehead atoms. The largest absolute Gasteiger partial charge is 0.416 e. The van der Waals surface area contributed by atoms with Crippen molar-refractivity contribution in [3.05, 3.63) is 69.8 Å². The van der Waals surface area contributed by atoms with Crippen LogP contribution in [0.3, 0.4) is 0 Å². The number of hydrogen-bond donors (Lipinski definition) is 0. The molecule has 2 saturated heterocycles. The number of piperazine rings is 1. The summed E-state index contributed by atoms with van der Waals surface area (Å²) in [6.45, 7) is 8.87. The number of benzene rings is 2. The van der Waals surface area contributed by atoms with Crippen LogP contribution in [0.2, 0.25) is 0 Å². The predicted molar refractivity (Wildman–Crippen MR) is 141 cm³/mol. The average Bonchev–Trinajstić information content (AvgIpc) is 2.92. The van der Waals surface area contributed by atoms with E-state index in [-0.39, 0.29) is 18.7 Å². The molecule has 1 amide bonds. The minimum absolute atomic E-state index is 0.0134. The Kier molecular flexibility index (Phi) is 9.67. The van der Waals surface area contributed by atoms with Crippen LogP contribution in [0.25, 0.3) is 0 Å². The zero-order chi connectivity index (χ0) is 29.9. The van der Waals surface area contributed by atoms with Gasteiger partial charge in [-0.1, -0.05) is 18.2 Å². The van der Waals surface area contributed by atoms with E-state index in [4.69, 9.17) is 9.47 Å². The van der Waals surface area contributed by atoms with Crippen LogP contribution in [0.5, 0.6) is 0 Å². The van der Waals surface area contributed by atoms with Crippen molar-refractivity contribution in [2.24, 2.45) is 0 Å². The van der Waals surface area contributed by atoms with Crippen LogP contribution in [0.4, 0.5) is 26.3 Å². The van der Waals surface area contributed by atoms with Crippen molar-refractivity contribution in [2.45, 2.75) is 38.3 Å². The number of ether oxygens (including phenoxy) is 2. The highest BCUT2D eigenvalue weighted by Crippen LogP contribution is 2.37. The van der Waals surface area contributed by atoms with Crippen LogP contribution in [-0.4, -0.2) is 92.8 Å². The number of rotatable bonds is 7. The van der Waals surface area contributed by atoms with Gasteiger partial charge in [-0.3, -0.25) is 14.6 Å². The van der Waals surface area contributed by atoms with E-state index < -0.39 is 41.0 Å². The summed E-state index contributed by atoms with van der Waals surface area (Å²) in [6, 6.07) is 6.20. The van der Waals surface area contributed by atoms with Crippen molar-refractivity contribution in [3.8, 4) is 0 Å². The lowest BCUT2D eigenvalue weighted by Gasteiger charge is -2.43. The highest BCUT2D eigenvalue weighted by molar-refractivity contribution is 5.95. The summed E-state index contributed by atoms with van der Waals surface area (Å²) in [7, 11) is 1.62. The lowest BCUT2D eigenvalue weighted by Crippen LogP contribution is -2.53. The van der Waals surface area contributed by atoms with Crippen LogP contribution in [0, 0.1) is 13.8 Å². The van der Waals surface area contributed by atoms with Gasteiger partial charge in [-0.05, 0) is 48.7 Å². The summed E-state index contributed by atoms with van der Waals surface area (Å²) in [5.41, 5.74) is -0.857. The van der Waals surface area contributed by atoms with Crippen molar-refractivity contribution in [2.75, 3.05) is 66.1 Å². The Morgan fingerprint density at radius 3 is 2.10 bits per heavy atom. The molecule has 4 rings (SSSR count). The summed E-state index contributed by atoms with van der Waals surface area (Å²) in [5, 5.41) is 0. The van der Waals surface area contributed by atoms with E-state index in [9.17, 15) is 31.1 Å². The highest BCUT2D eigenvalue weighted by atomic mass is 19.4. The van der Waals surface area contributed by atoms with Crippen molar-refractivity contribution < 1.29 is 40.6 Å². The van der Waals surface area contributed by atoms with Crippen molar-refractivity contribution in [3.63, 3.8) is 0 Å². The van der Waals surface area contributed by atoms with Crippen LogP contribution < -0.4 is 0 Å². The number of alkyl halides is 6. The first-order valence-electron chi connectivity index (χ1n) is 13.5. The van der Waals surface area contributed by atoms with Crippen LogP contribution in [-0.2, 0) is 21.8 Å². The Bertz CT molecular complexity index is 1190. The standard InChI is InChI=1S/C29H35F6N3O3/c1-19-4-5-21(12-20(19)2)26-17-36(6-7-37-10-11-41-25(16-37)18-40-3)8-9-38(26)27(39)22-13-23(28(30,31)32)15-24(14-22)29(33,34)35/h4-5,12-15,25-26H,6-11,16-18H2,1-3H3. The fraction of sp³-hybridized carbons (Fsp3) is 0.552. The molecule has 0 saturated carbocycles. The number of methoxy groups -OCH3 is 1. The second-order valence-corrected chi connectivity index (χ2v) is 10.7. The fourth-order valence-corrected chi connectivity index (χ4v) is 5.34. The Balaban J connectivity index is 1.59. The lowest BCUT2D eigenvalue weighted by molar-refractivity contribution is -0.143. The number of nitrogens with zero attached hydrogens (tertiary/aromatic N) is 3. The predicted octanol–water partition coefficient (Wildman–Crippen LogP) is 5.19. The van der Waals surface area contributed by atoms with Gasteiger partial charge in [0.05, 0.1) is 36.5 Å². The normalized spacial score (nSPS) is 21.3. The van der Waals surface area contributed by atoms with Crippen LogP contribution in [0.1, 0.15) is 44.2 Å². The number of halogens is 6. The quantitative estimate of drug-likeness (QED) is 0.418. The zero-order valence-corrected chi connectivity index (χ0v) is 23.3. The van der Waals surface area contributed by atoms with Gasteiger partial charge in [0, 0.05) is 58.5 Å². The molecule has 2 aliphatic heterocycles. The number of carbonyl (C=O) groups is 1. The molecule has 2 unspecified atom stereocenters. The van der Waals surface area contributed by atoms with Crippen molar-refractivity contribution in [1.82, 2.24) is 14.7 Å². The van der Waals surface area contributed by atoms with Gasteiger partial charge < -0.3 is 14.4 Å². The Labute approximate surface area is 235 Å². The molecule has 41 heavy (non-hydrogen) atoms. The maximum Gasteiger partial charge on any atom is 0.416 e. The van der Waals surface area contributed by atoms with E-state index in [2.05, 4.69) is 9.80 Å². The number of carbonyl (C=O) groups excluding carboxylic acids is 1. The van der Waals surface area contributed by atoms with Gasteiger partial charge in [-0.2, -0.15) is 26.3 Å². The van der Waals surface area contributed by atoms with Gasteiger partial charge in [0.1, 0.15) is 0 Å². The SMILES string of the molecule is COCC1CN(CCN2CCN(C(=O)c3cc(C(F)(F)F)cc(C(F)(F)F)c3)C(c3ccc(C)c(C)c3)C2)CCO1. The van der Waals surface area contributed by atoms with Gasteiger partial charge in [0.15, 0.2) is 0 Å². The molecular weight excluding hydrogens is 552 g/mol. The maximum absolute atomic E-state index is 13.6. The molecule has 2 aliphatic rings. The molecule has 2 aromatic rings.